The Bertz CT molecular complexity index is 678. The van der Waals surface area contributed by atoms with Gasteiger partial charge >= 0.3 is 0 Å². The molecule has 0 N–H and O–H groups in total. The van der Waals surface area contributed by atoms with E-state index in [1.165, 1.54) is 5.56 Å². The van der Waals surface area contributed by atoms with E-state index in [4.69, 9.17) is 0 Å². The molecular formula is C18H26N6O. The number of aryl methyl sites for hydroxylation is 1. The van der Waals surface area contributed by atoms with Crippen molar-refractivity contribution < 1.29 is 4.79 Å². The van der Waals surface area contributed by atoms with Crippen LogP contribution in [0.1, 0.15) is 12.0 Å². The van der Waals surface area contributed by atoms with Gasteiger partial charge in [-0.05, 0) is 19.2 Å². The number of hydrogen-bond donors (Lipinski definition) is 0. The zero-order valence-corrected chi connectivity index (χ0v) is 15.0. The maximum Gasteiger partial charge on any atom is 0.223 e. The van der Waals surface area contributed by atoms with Crippen molar-refractivity contribution in [3.8, 4) is 0 Å². The van der Waals surface area contributed by atoms with Crippen molar-refractivity contribution >= 4 is 11.7 Å². The number of rotatable bonds is 6. The molecule has 1 aliphatic heterocycles. The van der Waals surface area contributed by atoms with Crippen LogP contribution in [-0.4, -0.2) is 70.2 Å². The van der Waals surface area contributed by atoms with Crippen molar-refractivity contribution in [3.05, 3.63) is 42.4 Å². The smallest absolute Gasteiger partial charge is 0.223 e. The molecule has 3 rings (SSSR count). The molecule has 1 amide bonds. The third-order valence-corrected chi connectivity index (χ3v) is 4.52. The first-order valence-electron chi connectivity index (χ1n) is 8.71. The fraction of sp³-hybridized carbons (Fsp3) is 0.500. The Morgan fingerprint density at radius 3 is 2.68 bits per heavy atom. The molecule has 2 aromatic heterocycles. The van der Waals surface area contributed by atoms with Gasteiger partial charge in [0.15, 0.2) is 0 Å². The van der Waals surface area contributed by atoms with Gasteiger partial charge < -0.3 is 14.7 Å². The average molecular weight is 342 g/mol. The molecule has 2 aromatic rings. The van der Waals surface area contributed by atoms with Gasteiger partial charge in [-0.3, -0.25) is 9.48 Å². The van der Waals surface area contributed by atoms with Gasteiger partial charge in [0.2, 0.25) is 5.91 Å². The standard InChI is InChI=1S/C18H26N6O/c1-21(14-16-13-20-22(2)15-16)8-6-18(25)24-11-9-23(10-12-24)17-5-3-4-7-19-17/h3-5,7,13,15H,6,8-12,14H2,1-2H3. The summed E-state index contributed by atoms with van der Waals surface area (Å²) in [4.78, 5) is 23.2. The first-order chi connectivity index (χ1) is 12.1. The minimum atomic E-state index is 0.235. The van der Waals surface area contributed by atoms with Crippen LogP contribution in [0.5, 0.6) is 0 Å². The molecule has 0 spiro atoms. The Labute approximate surface area is 148 Å². The molecule has 0 radical (unpaired) electrons. The maximum absolute atomic E-state index is 12.5. The van der Waals surface area contributed by atoms with Gasteiger partial charge in [0.25, 0.3) is 0 Å². The summed E-state index contributed by atoms with van der Waals surface area (Å²) < 4.78 is 1.80. The molecule has 1 aliphatic rings. The Morgan fingerprint density at radius 1 is 1.24 bits per heavy atom. The second-order valence-electron chi connectivity index (χ2n) is 6.57. The third-order valence-electron chi connectivity index (χ3n) is 4.52. The van der Waals surface area contributed by atoms with Gasteiger partial charge in [0, 0.05) is 70.7 Å². The molecule has 134 valence electrons. The highest BCUT2D eigenvalue weighted by Crippen LogP contribution is 2.13. The first kappa shape index (κ1) is 17.4. The van der Waals surface area contributed by atoms with Crippen LogP contribution in [0.3, 0.4) is 0 Å². The molecule has 0 atom stereocenters. The molecule has 3 heterocycles. The summed E-state index contributed by atoms with van der Waals surface area (Å²) in [7, 11) is 3.96. The lowest BCUT2D eigenvalue weighted by molar-refractivity contribution is -0.131. The van der Waals surface area contributed by atoms with E-state index in [1.54, 1.807) is 4.68 Å². The molecule has 1 saturated heterocycles. The number of aromatic nitrogens is 3. The highest BCUT2D eigenvalue weighted by molar-refractivity contribution is 5.76. The molecule has 0 bridgehead atoms. The predicted octanol–water partition coefficient (Wildman–Crippen LogP) is 0.986. The highest BCUT2D eigenvalue weighted by atomic mass is 16.2. The van der Waals surface area contributed by atoms with E-state index in [1.807, 2.05) is 55.8 Å². The molecule has 0 unspecified atom stereocenters. The maximum atomic E-state index is 12.5. The summed E-state index contributed by atoms with van der Waals surface area (Å²) >= 11 is 0. The SMILES string of the molecule is CN(CCC(=O)N1CCN(c2ccccn2)CC1)Cc1cnn(C)c1. The molecule has 0 saturated carbocycles. The van der Waals surface area contributed by atoms with E-state index in [9.17, 15) is 4.79 Å². The van der Waals surface area contributed by atoms with Gasteiger partial charge in [0.05, 0.1) is 6.20 Å². The second kappa shape index (κ2) is 8.11. The van der Waals surface area contributed by atoms with Gasteiger partial charge in [-0.15, -0.1) is 0 Å². The molecule has 0 aromatic carbocycles. The fourth-order valence-corrected chi connectivity index (χ4v) is 3.11. The number of carbonyl (C=O) groups is 1. The monoisotopic (exact) mass is 342 g/mol. The van der Waals surface area contributed by atoms with E-state index >= 15 is 0 Å². The quantitative estimate of drug-likeness (QED) is 0.783. The third kappa shape index (κ3) is 4.79. The van der Waals surface area contributed by atoms with E-state index in [0.29, 0.717) is 6.42 Å². The number of hydrogen-bond acceptors (Lipinski definition) is 5. The van der Waals surface area contributed by atoms with Crippen LogP contribution in [-0.2, 0) is 18.4 Å². The summed E-state index contributed by atoms with van der Waals surface area (Å²) in [5.74, 6) is 1.23. The van der Waals surface area contributed by atoms with E-state index < -0.39 is 0 Å². The van der Waals surface area contributed by atoms with Gasteiger partial charge in [-0.25, -0.2) is 4.98 Å². The normalized spacial score (nSPS) is 15.0. The molecular weight excluding hydrogens is 316 g/mol. The van der Waals surface area contributed by atoms with Crippen molar-refractivity contribution in [3.63, 3.8) is 0 Å². The van der Waals surface area contributed by atoms with Gasteiger partial charge in [0.1, 0.15) is 5.82 Å². The van der Waals surface area contributed by atoms with Crippen LogP contribution < -0.4 is 4.90 Å². The lowest BCUT2D eigenvalue weighted by atomic mass is 10.2. The molecule has 25 heavy (non-hydrogen) atoms. The van der Waals surface area contributed by atoms with Crippen LogP contribution in [0.15, 0.2) is 36.8 Å². The van der Waals surface area contributed by atoms with Gasteiger partial charge in [-0.2, -0.15) is 5.10 Å². The minimum absolute atomic E-state index is 0.235. The van der Waals surface area contributed by atoms with Crippen molar-refractivity contribution in [1.29, 1.82) is 0 Å². The van der Waals surface area contributed by atoms with Crippen molar-refractivity contribution in [1.82, 2.24) is 24.6 Å². The topological polar surface area (TPSA) is 57.5 Å². The Hall–Kier alpha value is -2.41. The van der Waals surface area contributed by atoms with Crippen molar-refractivity contribution in [2.45, 2.75) is 13.0 Å². The number of nitrogens with zero attached hydrogens (tertiary/aromatic N) is 6. The Balaban J connectivity index is 1.40. The number of amides is 1. The second-order valence-corrected chi connectivity index (χ2v) is 6.57. The summed E-state index contributed by atoms with van der Waals surface area (Å²) in [6.07, 6.45) is 6.25. The van der Waals surface area contributed by atoms with Crippen LogP contribution in [0.4, 0.5) is 5.82 Å². The summed E-state index contributed by atoms with van der Waals surface area (Å²) in [6.45, 7) is 4.79. The zero-order valence-electron chi connectivity index (χ0n) is 15.0. The van der Waals surface area contributed by atoms with E-state index in [0.717, 1.165) is 45.1 Å². The lowest BCUT2D eigenvalue weighted by Crippen LogP contribution is -2.49. The zero-order chi connectivity index (χ0) is 17.6. The van der Waals surface area contributed by atoms with Crippen molar-refractivity contribution in [2.24, 2.45) is 7.05 Å². The summed E-state index contributed by atoms with van der Waals surface area (Å²) in [6, 6.07) is 5.94. The van der Waals surface area contributed by atoms with E-state index in [2.05, 4.69) is 19.9 Å². The van der Waals surface area contributed by atoms with Crippen LogP contribution in [0.25, 0.3) is 0 Å². The van der Waals surface area contributed by atoms with E-state index in [-0.39, 0.29) is 5.91 Å². The fourth-order valence-electron chi connectivity index (χ4n) is 3.11. The summed E-state index contributed by atoms with van der Waals surface area (Å²) in [5.41, 5.74) is 1.17. The highest BCUT2D eigenvalue weighted by Gasteiger charge is 2.21. The molecule has 0 aliphatic carbocycles. The molecule has 7 nitrogen and oxygen atoms in total. The molecule has 1 fully saturated rings. The van der Waals surface area contributed by atoms with Crippen molar-refractivity contribution in [2.75, 3.05) is 44.7 Å². The number of carbonyl (C=O) groups excluding carboxylic acids is 1. The number of anilines is 1. The van der Waals surface area contributed by atoms with Crippen LogP contribution in [0.2, 0.25) is 0 Å². The number of piperazine rings is 1. The lowest BCUT2D eigenvalue weighted by Gasteiger charge is -2.35. The minimum Gasteiger partial charge on any atom is -0.353 e. The molecule has 7 heteroatoms. The number of pyridine rings is 1. The summed E-state index contributed by atoms with van der Waals surface area (Å²) in [5, 5.41) is 4.18. The van der Waals surface area contributed by atoms with Crippen LogP contribution >= 0.6 is 0 Å². The largest absolute Gasteiger partial charge is 0.353 e. The Kier molecular flexibility index (Phi) is 5.65. The van der Waals surface area contributed by atoms with Gasteiger partial charge in [-0.1, -0.05) is 6.07 Å². The van der Waals surface area contributed by atoms with Crippen LogP contribution in [0, 0.1) is 0 Å². The predicted molar refractivity (Wildman–Crippen MR) is 97.2 cm³/mol. The average Bonchev–Trinajstić information content (AvgIpc) is 3.05. The first-order valence-corrected chi connectivity index (χ1v) is 8.71. The Morgan fingerprint density at radius 2 is 2.04 bits per heavy atom.